The minimum atomic E-state index is -4.31. The van der Waals surface area contributed by atoms with Gasteiger partial charge in [0.05, 0.1) is 36.5 Å². The third-order valence-electron chi connectivity index (χ3n) is 6.03. The monoisotopic (exact) mass is 430 g/mol. The van der Waals surface area contributed by atoms with Gasteiger partial charge in [0.25, 0.3) is 0 Å². The maximum absolute atomic E-state index is 12.7. The van der Waals surface area contributed by atoms with E-state index in [0.29, 0.717) is 24.7 Å². The van der Waals surface area contributed by atoms with Crippen LogP contribution in [-0.2, 0) is 15.7 Å². The Labute approximate surface area is 176 Å². The zero-order valence-electron chi connectivity index (χ0n) is 16.5. The van der Waals surface area contributed by atoms with Crippen LogP contribution in [0.5, 0.6) is 5.75 Å². The summed E-state index contributed by atoms with van der Waals surface area (Å²) in [7, 11) is 0. The average Bonchev–Trinajstić information content (AvgIpc) is 3.04. The minimum absolute atomic E-state index is 0.00820. The van der Waals surface area contributed by atoms with E-state index >= 15 is 0 Å². The lowest BCUT2D eigenvalue weighted by Crippen LogP contribution is -2.38. The van der Waals surface area contributed by atoms with E-state index in [1.165, 1.54) is 0 Å². The van der Waals surface area contributed by atoms with Crippen LogP contribution >= 0.6 is 0 Å². The summed E-state index contributed by atoms with van der Waals surface area (Å²) in [6.07, 6.45) is -1.04. The molecule has 162 valence electrons. The van der Waals surface area contributed by atoms with Crippen molar-refractivity contribution in [3.8, 4) is 5.75 Å². The topological polar surface area (TPSA) is 63.4 Å². The van der Waals surface area contributed by atoms with Crippen molar-refractivity contribution in [1.29, 1.82) is 0 Å². The molecule has 0 atom stereocenters. The van der Waals surface area contributed by atoms with Gasteiger partial charge in [0.15, 0.2) is 0 Å². The number of anilines is 1. The maximum Gasteiger partial charge on any atom is 0.416 e. The molecule has 2 heterocycles. The van der Waals surface area contributed by atoms with E-state index in [4.69, 9.17) is 9.47 Å². The predicted molar refractivity (Wildman–Crippen MR) is 109 cm³/mol. The van der Waals surface area contributed by atoms with E-state index in [1.807, 2.05) is 18.2 Å². The van der Waals surface area contributed by atoms with Crippen LogP contribution in [0, 0.1) is 5.92 Å². The number of rotatable bonds is 5. The number of carbonyl (C=O) groups excluding carboxylic acids is 1. The second kappa shape index (κ2) is 7.60. The Morgan fingerprint density at radius 2 is 1.84 bits per heavy atom. The van der Waals surface area contributed by atoms with Gasteiger partial charge in [-0.15, -0.1) is 0 Å². The number of halogens is 3. The van der Waals surface area contributed by atoms with Crippen molar-refractivity contribution >= 4 is 22.5 Å². The molecule has 2 aliphatic rings. The first-order valence-electron chi connectivity index (χ1n) is 10.2. The Balaban J connectivity index is 1.21. The highest BCUT2D eigenvalue weighted by molar-refractivity contribution is 6.03. The van der Waals surface area contributed by atoms with Crippen LogP contribution in [-0.4, -0.2) is 30.2 Å². The fourth-order valence-corrected chi connectivity index (χ4v) is 3.97. The first-order valence-corrected chi connectivity index (χ1v) is 10.2. The van der Waals surface area contributed by atoms with Crippen LogP contribution in [0.25, 0.3) is 10.9 Å². The summed E-state index contributed by atoms with van der Waals surface area (Å²) >= 11 is 0. The number of amides is 1. The third kappa shape index (κ3) is 3.99. The molecule has 0 spiro atoms. The highest BCUT2D eigenvalue weighted by atomic mass is 19.4. The van der Waals surface area contributed by atoms with Crippen molar-refractivity contribution in [2.24, 2.45) is 5.92 Å². The lowest BCUT2D eigenvalue weighted by Gasteiger charge is -2.35. The number of hydrogen-bond acceptors (Lipinski definition) is 3. The third-order valence-corrected chi connectivity index (χ3v) is 6.03. The molecule has 1 aromatic heterocycles. The SMILES string of the molecule is O=C(Nc1c[nH]c2ccc(O[C@H]3C[C@H](c4ccc(C(F)(F)F)cc4)C3)cc12)C1COC1. The van der Waals surface area contributed by atoms with Crippen molar-refractivity contribution in [3.63, 3.8) is 0 Å². The molecule has 0 radical (unpaired) electrons. The highest BCUT2D eigenvalue weighted by Gasteiger charge is 2.34. The van der Waals surface area contributed by atoms with Crippen molar-refractivity contribution < 1.29 is 27.4 Å². The number of fused-ring (bicyclic) bond motifs is 1. The Kier molecular flexibility index (Phi) is 4.89. The van der Waals surface area contributed by atoms with Crippen molar-refractivity contribution in [1.82, 2.24) is 4.98 Å². The van der Waals surface area contributed by atoms with Gasteiger partial charge in [-0.3, -0.25) is 4.79 Å². The number of nitrogens with one attached hydrogen (secondary N) is 2. The van der Waals surface area contributed by atoms with Crippen LogP contribution in [0.1, 0.15) is 29.9 Å². The lowest BCUT2D eigenvalue weighted by molar-refractivity contribution is -0.137. The number of carbonyl (C=O) groups is 1. The summed E-state index contributed by atoms with van der Waals surface area (Å²) in [5.41, 5.74) is 1.87. The zero-order chi connectivity index (χ0) is 21.6. The van der Waals surface area contributed by atoms with Gasteiger partial charge in [-0.25, -0.2) is 0 Å². The van der Waals surface area contributed by atoms with Gasteiger partial charge in [0, 0.05) is 17.1 Å². The van der Waals surface area contributed by atoms with Gasteiger partial charge in [-0.05, 0) is 54.7 Å². The molecule has 0 bridgehead atoms. The van der Waals surface area contributed by atoms with E-state index in [0.717, 1.165) is 41.4 Å². The molecule has 8 heteroatoms. The molecule has 5 nitrogen and oxygen atoms in total. The molecule has 2 fully saturated rings. The summed E-state index contributed by atoms with van der Waals surface area (Å²) in [5, 5.41) is 3.80. The fourth-order valence-electron chi connectivity index (χ4n) is 3.97. The van der Waals surface area contributed by atoms with Crippen molar-refractivity contribution in [2.45, 2.75) is 31.0 Å². The van der Waals surface area contributed by atoms with E-state index < -0.39 is 11.7 Å². The van der Waals surface area contributed by atoms with E-state index in [-0.39, 0.29) is 23.8 Å². The molecular formula is C23H21F3N2O3. The summed E-state index contributed by atoms with van der Waals surface area (Å²) < 4.78 is 49.3. The molecule has 3 aromatic rings. The van der Waals surface area contributed by atoms with E-state index in [9.17, 15) is 18.0 Å². The van der Waals surface area contributed by atoms with Gasteiger partial charge in [0.1, 0.15) is 5.75 Å². The predicted octanol–water partition coefficient (Wildman–Crippen LogP) is 5.10. The smallest absolute Gasteiger partial charge is 0.416 e. The summed E-state index contributed by atoms with van der Waals surface area (Å²) in [5.74, 6) is 0.728. The Morgan fingerprint density at radius 3 is 2.48 bits per heavy atom. The van der Waals surface area contributed by atoms with Crippen molar-refractivity contribution in [2.75, 3.05) is 18.5 Å². The number of H-pyrrole nitrogens is 1. The molecule has 1 aliphatic heterocycles. The fraction of sp³-hybridized carbons (Fsp3) is 0.348. The Bertz CT molecular complexity index is 1100. The maximum atomic E-state index is 12.7. The molecule has 1 amide bonds. The zero-order valence-corrected chi connectivity index (χ0v) is 16.5. The number of benzene rings is 2. The Morgan fingerprint density at radius 1 is 1.10 bits per heavy atom. The molecule has 1 saturated carbocycles. The molecule has 1 saturated heterocycles. The quantitative estimate of drug-likeness (QED) is 0.592. The van der Waals surface area contributed by atoms with Crippen LogP contribution in [0.15, 0.2) is 48.7 Å². The van der Waals surface area contributed by atoms with Gasteiger partial charge in [-0.1, -0.05) is 12.1 Å². The average molecular weight is 430 g/mol. The van der Waals surface area contributed by atoms with E-state index in [1.54, 1.807) is 18.3 Å². The molecule has 2 aromatic carbocycles. The van der Waals surface area contributed by atoms with E-state index in [2.05, 4.69) is 10.3 Å². The first-order chi connectivity index (χ1) is 14.9. The minimum Gasteiger partial charge on any atom is -0.490 e. The Hall–Kier alpha value is -3.00. The lowest BCUT2D eigenvalue weighted by atomic mass is 9.77. The van der Waals surface area contributed by atoms with Crippen LogP contribution in [0.2, 0.25) is 0 Å². The van der Waals surface area contributed by atoms with Crippen molar-refractivity contribution in [3.05, 3.63) is 59.8 Å². The summed E-state index contributed by atoms with van der Waals surface area (Å²) in [4.78, 5) is 15.3. The number of aromatic amines is 1. The van der Waals surface area contributed by atoms with Gasteiger partial charge >= 0.3 is 6.18 Å². The number of aromatic nitrogens is 1. The van der Waals surface area contributed by atoms with Gasteiger partial charge in [-0.2, -0.15) is 13.2 Å². The molecule has 31 heavy (non-hydrogen) atoms. The van der Waals surface area contributed by atoms with Crippen LogP contribution < -0.4 is 10.1 Å². The standard InChI is InChI=1S/C23H21F3N2O3/c24-23(25,26)16-3-1-13(2-4-16)14-7-18(8-14)31-17-5-6-20-19(9-17)21(10-27-20)28-22(29)15-11-30-12-15/h1-6,9-10,14-15,18,27H,7-8,11-12H2,(H,28,29)/t14-,18-. The second-order valence-corrected chi connectivity index (χ2v) is 8.16. The number of ether oxygens (including phenoxy) is 2. The molecular weight excluding hydrogens is 409 g/mol. The highest BCUT2D eigenvalue weighted by Crippen LogP contribution is 2.41. The molecule has 1 aliphatic carbocycles. The summed E-state index contributed by atoms with van der Waals surface area (Å²) in [6.45, 7) is 0.897. The second-order valence-electron chi connectivity index (χ2n) is 8.16. The van der Waals surface area contributed by atoms with Crippen LogP contribution in [0.4, 0.5) is 18.9 Å². The molecule has 0 unspecified atom stereocenters. The normalized spacial score (nSPS) is 21.4. The molecule has 5 rings (SSSR count). The van der Waals surface area contributed by atoms with Gasteiger partial charge < -0.3 is 19.8 Å². The first kappa shape index (κ1) is 19.9. The summed E-state index contributed by atoms with van der Waals surface area (Å²) in [6, 6.07) is 11.0. The van der Waals surface area contributed by atoms with Crippen LogP contribution in [0.3, 0.4) is 0 Å². The van der Waals surface area contributed by atoms with Gasteiger partial charge in [0.2, 0.25) is 5.91 Å². The number of alkyl halides is 3. The number of hydrogen-bond donors (Lipinski definition) is 2. The molecule has 2 N–H and O–H groups in total. The largest absolute Gasteiger partial charge is 0.490 e.